The minimum Gasteiger partial charge on any atom is -0.493 e. The van der Waals surface area contributed by atoms with Gasteiger partial charge in [0.1, 0.15) is 9.88 Å². The summed E-state index contributed by atoms with van der Waals surface area (Å²) >= 11 is 1.42. The smallest absolute Gasteiger partial charge is 0.266 e. The molecule has 3 aromatic rings. The first kappa shape index (κ1) is 21.8. The van der Waals surface area contributed by atoms with Gasteiger partial charge < -0.3 is 14.4 Å². The Hall–Kier alpha value is -2.86. The molecule has 1 atom stereocenters. The molecule has 0 fully saturated rings. The molecule has 1 aromatic heterocycles. The fourth-order valence-electron chi connectivity index (χ4n) is 3.25. The highest BCUT2D eigenvalue weighted by Gasteiger charge is 2.25. The van der Waals surface area contributed by atoms with Crippen LogP contribution >= 0.6 is 11.3 Å². The molecule has 1 amide bonds. The Kier molecular flexibility index (Phi) is 7.11. The number of hydrogen-bond donors (Lipinski definition) is 0. The second-order valence-electron chi connectivity index (χ2n) is 7.18. The van der Waals surface area contributed by atoms with Crippen LogP contribution in [0.4, 0.5) is 0 Å². The van der Waals surface area contributed by atoms with Gasteiger partial charge in [0, 0.05) is 18.2 Å². The van der Waals surface area contributed by atoms with Crippen LogP contribution in [0.15, 0.2) is 48.5 Å². The molecule has 0 bridgehead atoms. The van der Waals surface area contributed by atoms with Crippen molar-refractivity contribution in [3.05, 3.63) is 64.7 Å². The maximum Gasteiger partial charge on any atom is 0.266 e. The van der Waals surface area contributed by atoms with Crippen molar-refractivity contribution in [1.82, 2.24) is 9.88 Å². The molecule has 0 saturated carbocycles. The van der Waals surface area contributed by atoms with Crippen molar-refractivity contribution >= 4 is 17.2 Å². The van der Waals surface area contributed by atoms with Crippen molar-refractivity contribution < 1.29 is 14.3 Å². The van der Waals surface area contributed by atoms with E-state index in [4.69, 9.17) is 9.47 Å². The average molecular weight is 425 g/mol. The van der Waals surface area contributed by atoms with Crippen molar-refractivity contribution in [1.29, 1.82) is 0 Å². The number of carbonyl (C=O) groups is 1. The fourth-order valence-corrected chi connectivity index (χ4v) is 4.26. The fraction of sp³-hybridized carbons (Fsp3) is 0.333. The summed E-state index contributed by atoms with van der Waals surface area (Å²) in [4.78, 5) is 20.8. The Morgan fingerprint density at radius 2 is 1.80 bits per heavy atom. The lowest BCUT2D eigenvalue weighted by atomic mass is 10.1. The summed E-state index contributed by atoms with van der Waals surface area (Å²) in [6, 6.07) is 15.9. The van der Waals surface area contributed by atoms with E-state index in [-0.39, 0.29) is 11.9 Å². The molecular weight excluding hydrogens is 396 g/mol. The van der Waals surface area contributed by atoms with Crippen LogP contribution in [-0.2, 0) is 6.54 Å². The van der Waals surface area contributed by atoms with Crippen molar-refractivity contribution in [2.24, 2.45) is 0 Å². The first-order valence-corrected chi connectivity index (χ1v) is 10.8. The second kappa shape index (κ2) is 9.76. The lowest BCUT2D eigenvalue weighted by molar-refractivity contribution is 0.0675. The topological polar surface area (TPSA) is 51.7 Å². The van der Waals surface area contributed by atoms with Gasteiger partial charge in [-0.3, -0.25) is 4.79 Å². The van der Waals surface area contributed by atoms with E-state index in [2.05, 4.69) is 31.0 Å². The zero-order valence-electron chi connectivity index (χ0n) is 18.1. The number of hydrogen-bond acceptors (Lipinski definition) is 5. The van der Waals surface area contributed by atoms with Crippen molar-refractivity contribution in [3.63, 3.8) is 0 Å². The highest BCUT2D eigenvalue weighted by Crippen LogP contribution is 2.35. The predicted molar refractivity (Wildman–Crippen MR) is 121 cm³/mol. The number of aromatic nitrogens is 1. The minimum atomic E-state index is 0.0231. The number of thiazole rings is 1. The monoisotopic (exact) mass is 424 g/mol. The first-order valence-electron chi connectivity index (χ1n) is 10.0. The third-order valence-electron chi connectivity index (χ3n) is 5.20. The number of amides is 1. The molecule has 0 radical (unpaired) electrons. The first-order chi connectivity index (χ1) is 14.5. The lowest BCUT2D eigenvalue weighted by Crippen LogP contribution is -2.37. The zero-order chi connectivity index (χ0) is 21.7. The van der Waals surface area contributed by atoms with Crippen molar-refractivity contribution in [2.75, 3.05) is 14.2 Å². The number of carbonyl (C=O) groups excluding carboxylic acids is 1. The Labute approximate surface area is 182 Å². The average Bonchev–Trinajstić information content (AvgIpc) is 3.18. The van der Waals surface area contributed by atoms with Crippen molar-refractivity contribution in [2.45, 2.75) is 39.8 Å². The molecule has 3 rings (SSSR count). The largest absolute Gasteiger partial charge is 0.493 e. The molecule has 30 heavy (non-hydrogen) atoms. The van der Waals surface area contributed by atoms with Crippen LogP contribution < -0.4 is 9.47 Å². The minimum absolute atomic E-state index is 0.0231. The van der Waals surface area contributed by atoms with Gasteiger partial charge in [0.05, 0.1) is 19.9 Å². The molecule has 0 aliphatic carbocycles. The maximum absolute atomic E-state index is 13.5. The summed E-state index contributed by atoms with van der Waals surface area (Å²) in [5.74, 6) is 1.33. The van der Waals surface area contributed by atoms with E-state index in [1.165, 1.54) is 11.3 Å². The Morgan fingerprint density at radius 1 is 1.10 bits per heavy atom. The number of methoxy groups -OCH3 is 2. The number of nitrogens with zero attached hydrogens (tertiary/aromatic N) is 2. The van der Waals surface area contributed by atoms with Gasteiger partial charge in [-0.25, -0.2) is 4.98 Å². The third-order valence-corrected chi connectivity index (χ3v) is 6.40. The van der Waals surface area contributed by atoms with E-state index in [9.17, 15) is 4.79 Å². The van der Waals surface area contributed by atoms with Gasteiger partial charge in [0.25, 0.3) is 5.91 Å². The molecule has 0 spiro atoms. The number of aryl methyl sites for hydroxylation is 1. The molecule has 2 aromatic carbocycles. The van der Waals surface area contributed by atoms with Gasteiger partial charge in [0.15, 0.2) is 11.5 Å². The number of benzene rings is 2. The normalized spacial score (nSPS) is 11.8. The van der Waals surface area contributed by atoms with Gasteiger partial charge in [-0.05, 0) is 44.0 Å². The van der Waals surface area contributed by atoms with E-state index < -0.39 is 0 Å². The highest BCUT2D eigenvalue weighted by molar-refractivity contribution is 7.17. The van der Waals surface area contributed by atoms with Crippen LogP contribution in [0.3, 0.4) is 0 Å². The van der Waals surface area contributed by atoms with E-state index in [1.54, 1.807) is 14.2 Å². The Bertz CT molecular complexity index is 1000. The Morgan fingerprint density at radius 3 is 2.43 bits per heavy atom. The summed E-state index contributed by atoms with van der Waals surface area (Å²) in [6.45, 7) is 6.67. The van der Waals surface area contributed by atoms with E-state index in [0.29, 0.717) is 22.9 Å². The van der Waals surface area contributed by atoms with Gasteiger partial charge in [-0.2, -0.15) is 0 Å². The summed E-state index contributed by atoms with van der Waals surface area (Å²) < 4.78 is 10.7. The highest BCUT2D eigenvalue weighted by atomic mass is 32.1. The predicted octanol–water partition coefficient (Wildman–Crippen LogP) is 5.58. The van der Waals surface area contributed by atoms with Gasteiger partial charge in [-0.1, -0.05) is 37.3 Å². The summed E-state index contributed by atoms with van der Waals surface area (Å²) in [6.07, 6.45) is 0.888. The van der Waals surface area contributed by atoms with Crippen LogP contribution in [0.2, 0.25) is 0 Å². The molecule has 0 aliphatic heterocycles. The SMILES string of the molecule is CCC(C)N(Cc1ccccc1)C(=O)c1sc(-c2ccc(OC)c(OC)c2)nc1C. The van der Waals surface area contributed by atoms with Crippen LogP contribution in [0.1, 0.15) is 41.2 Å². The number of ether oxygens (including phenoxy) is 2. The standard InChI is InChI=1S/C24H28N2O3S/c1-6-16(2)26(15-18-10-8-7-9-11-18)24(27)22-17(3)25-23(30-22)19-12-13-20(28-4)21(14-19)29-5/h7-14,16H,6,15H2,1-5H3. The molecule has 0 saturated heterocycles. The molecule has 0 N–H and O–H groups in total. The second-order valence-corrected chi connectivity index (χ2v) is 8.18. The molecular formula is C24H28N2O3S. The Balaban J connectivity index is 1.93. The molecule has 1 heterocycles. The molecule has 5 nitrogen and oxygen atoms in total. The number of rotatable bonds is 8. The van der Waals surface area contributed by atoms with E-state index in [0.717, 1.165) is 28.2 Å². The lowest BCUT2D eigenvalue weighted by Gasteiger charge is -2.28. The van der Waals surface area contributed by atoms with Crippen molar-refractivity contribution in [3.8, 4) is 22.1 Å². The van der Waals surface area contributed by atoms with Gasteiger partial charge in [-0.15, -0.1) is 11.3 Å². The van der Waals surface area contributed by atoms with Crippen LogP contribution in [0.25, 0.3) is 10.6 Å². The maximum atomic E-state index is 13.5. The quantitative estimate of drug-likeness (QED) is 0.474. The zero-order valence-corrected chi connectivity index (χ0v) is 19.0. The molecule has 0 aliphatic rings. The molecule has 158 valence electrons. The third kappa shape index (κ3) is 4.65. The van der Waals surface area contributed by atoms with Crippen LogP contribution in [-0.4, -0.2) is 36.1 Å². The summed E-state index contributed by atoms with van der Waals surface area (Å²) in [7, 11) is 3.22. The van der Waals surface area contributed by atoms with Crippen LogP contribution in [0, 0.1) is 6.92 Å². The summed E-state index contributed by atoms with van der Waals surface area (Å²) in [5.41, 5.74) is 2.77. The molecule has 6 heteroatoms. The summed E-state index contributed by atoms with van der Waals surface area (Å²) in [5, 5.41) is 0.792. The molecule has 1 unspecified atom stereocenters. The van der Waals surface area contributed by atoms with Gasteiger partial charge >= 0.3 is 0 Å². The van der Waals surface area contributed by atoms with Gasteiger partial charge in [0.2, 0.25) is 0 Å². The van der Waals surface area contributed by atoms with E-state index >= 15 is 0 Å². The van der Waals surface area contributed by atoms with E-state index in [1.807, 2.05) is 48.2 Å². The van der Waals surface area contributed by atoms with Crippen LogP contribution in [0.5, 0.6) is 11.5 Å².